The zero-order valence-electron chi connectivity index (χ0n) is 9.60. The third-order valence-corrected chi connectivity index (χ3v) is 2.24. The number of rotatable bonds is 6. The lowest BCUT2D eigenvalue weighted by Gasteiger charge is -2.19. The van der Waals surface area contributed by atoms with Crippen molar-refractivity contribution in [3.8, 4) is 0 Å². The molecule has 0 bridgehead atoms. The number of nitrogens with one attached hydrogen (secondary N) is 2. The SMILES string of the molecule is CNCC(=O)N[C@@H](Cc1ccccc1)C(=O)[O-]. The van der Waals surface area contributed by atoms with Gasteiger partial charge in [-0.25, -0.2) is 0 Å². The van der Waals surface area contributed by atoms with Gasteiger partial charge >= 0.3 is 0 Å². The fourth-order valence-corrected chi connectivity index (χ4v) is 1.45. The van der Waals surface area contributed by atoms with E-state index in [4.69, 9.17) is 0 Å². The topological polar surface area (TPSA) is 81.3 Å². The van der Waals surface area contributed by atoms with E-state index in [9.17, 15) is 14.7 Å². The molecule has 0 radical (unpaired) electrons. The highest BCUT2D eigenvalue weighted by molar-refractivity contribution is 5.84. The van der Waals surface area contributed by atoms with Gasteiger partial charge in [0.25, 0.3) is 0 Å². The summed E-state index contributed by atoms with van der Waals surface area (Å²) in [5.74, 6) is -1.64. The molecular weight excluding hydrogens is 220 g/mol. The Balaban J connectivity index is 2.61. The van der Waals surface area contributed by atoms with E-state index in [-0.39, 0.29) is 18.9 Å². The lowest BCUT2D eigenvalue weighted by Crippen LogP contribution is -2.50. The summed E-state index contributed by atoms with van der Waals surface area (Å²) in [7, 11) is 1.62. The molecule has 1 rings (SSSR count). The van der Waals surface area contributed by atoms with E-state index in [1.807, 2.05) is 18.2 Å². The number of hydrogen-bond acceptors (Lipinski definition) is 4. The number of carboxylic acid groups (broad SMARTS) is 1. The van der Waals surface area contributed by atoms with E-state index in [0.717, 1.165) is 5.56 Å². The van der Waals surface area contributed by atoms with Gasteiger partial charge in [-0.3, -0.25) is 4.79 Å². The Kier molecular flexibility index (Phi) is 5.16. The van der Waals surface area contributed by atoms with E-state index < -0.39 is 12.0 Å². The van der Waals surface area contributed by atoms with Crippen LogP contribution in [0.25, 0.3) is 0 Å². The van der Waals surface area contributed by atoms with E-state index in [1.165, 1.54) is 0 Å². The number of benzene rings is 1. The van der Waals surface area contributed by atoms with Crippen LogP contribution in [0.2, 0.25) is 0 Å². The summed E-state index contributed by atoms with van der Waals surface area (Å²) < 4.78 is 0. The van der Waals surface area contributed by atoms with Crippen molar-refractivity contribution in [1.82, 2.24) is 10.6 Å². The second kappa shape index (κ2) is 6.65. The minimum absolute atomic E-state index is 0.0819. The first-order valence-electron chi connectivity index (χ1n) is 5.32. The summed E-state index contributed by atoms with van der Waals surface area (Å²) in [6.45, 7) is 0.0819. The Bertz CT molecular complexity index is 379. The number of aliphatic carboxylic acids is 1. The van der Waals surface area contributed by atoms with Gasteiger partial charge in [0.05, 0.1) is 18.6 Å². The predicted octanol–water partition coefficient (Wildman–Crippen LogP) is -1.32. The Morgan fingerprint density at radius 3 is 2.47 bits per heavy atom. The van der Waals surface area contributed by atoms with Crippen molar-refractivity contribution in [2.75, 3.05) is 13.6 Å². The molecule has 1 amide bonds. The average molecular weight is 235 g/mol. The van der Waals surface area contributed by atoms with Crippen LogP contribution in [0.1, 0.15) is 5.56 Å². The Morgan fingerprint density at radius 1 is 1.29 bits per heavy atom. The maximum absolute atomic E-state index is 11.3. The highest BCUT2D eigenvalue weighted by atomic mass is 16.4. The molecule has 0 unspecified atom stereocenters. The van der Waals surface area contributed by atoms with Crippen molar-refractivity contribution < 1.29 is 14.7 Å². The second-order valence-corrected chi connectivity index (χ2v) is 3.66. The molecule has 2 N–H and O–H groups in total. The molecule has 0 heterocycles. The number of likely N-dealkylation sites (N-methyl/N-ethyl adjacent to an activating group) is 1. The van der Waals surface area contributed by atoms with E-state index in [1.54, 1.807) is 19.2 Å². The lowest BCUT2D eigenvalue weighted by atomic mass is 10.1. The quantitative estimate of drug-likeness (QED) is 0.641. The average Bonchev–Trinajstić information content (AvgIpc) is 2.29. The van der Waals surface area contributed by atoms with Crippen molar-refractivity contribution >= 4 is 11.9 Å². The van der Waals surface area contributed by atoms with E-state index in [2.05, 4.69) is 10.6 Å². The van der Waals surface area contributed by atoms with Crippen LogP contribution in [0.3, 0.4) is 0 Å². The molecule has 0 aliphatic heterocycles. The molecule has 0 aliphatic carbocycles. The Hall–Kier alpha value is -1.88. The minimum atomic E-state index is -1.28. The van der Waals surface area contributed by atoms with Crippen LogP contribution >= 0.6 is 0 Å². The van der Waals surface area contributed by atoms with Gasteiger partial charge in [-0.1, -0.05) is 30.3 Å². The first-order chi connectivity index (χ1) is 8.13. The van der Waals surface area contributed by atoms with E-state index >= 15 is 0 Å². The van der Waals surface area contributed by atoms with Gasteiger partial charge in [-0.05, 0) is 19.0 Å². The van der Waals surface area contributed by atoms with Crippen LogP contribution in [-0.4, -0.2) is 31.5 Å². The number of carbonyl (C=O) groups excluding carboxylic acids is 2. The fourth-order valence-electron chi connectivity index (χ4n) is 1.45. The number of carbonyl (C=O) groups is 2. The molecule has 1 atom stereocenters. The first-order valence-corrected chi connectivity index (χ1v) is 5.32. The molecule has 0 aliphatic rings. The molecule has 0 saturated carbocycles. The summed E-state index contributed by atoms with van der Waals surface area (Å²) in [5.41, 5.74) is 0.839. The standard InChI is InChI=1S/C12H16N2O3/c1-13-8-11(15)14-10(12(16)17)7-9-5-3-2-4-6-9/h2-6,10,13H,7-8H2,1H3,(H,14,15)(H,16,17)/p-1/t10-/m0/s1. The molecule has 1 aromatic carbocycles. The monoisotopic (exact) mass is 235 g/mol. The van der Waals surface area contributed by atoms with Crippen LogP contribution < -0.4 is 15.7 Å². The number of hydrogen-bond donors (Lipinski definition) is 2. The van der Waals surface area contributed by atoms with Gasteiger partial charge < -0.3 is 20.5 Å². The van der Waals surface area contributed by atoms with Crippen LogP contribution in [0.15, 0.2) is 30.3 Å². The van der Waals surface area contributed by atoms with Gasteiger partial charge in [0.2, 0.25) is 5.91 Å². The Labute approximate surface area is 99.8 Å². The molecule has 17 heavy (non-hydrogen) atoms. The maximum atomic E-state index is 11.3. The smallest absolute Gasteiger partial charge is 0.234 e. The van der Waals surface area contributed by atoms with Gasteiger partial charge in [0.1, 0.15) is 0 Å². The maximum Gasteiger partial charge on any atom is 0.234 e. The molecule has 0 saturated heterocycles. The molecule has 0 fully saturated rings. The van der Waals surface area contributed by atoms with Crippen molar-refractivity contribution in [3.63, 3.8) is 0 Å². The third kappa shape index (κ3) is 4.65. The van der Waals surface area contributed by atoms with Gasteiger partial charge in [-0.2, -0.15) is 0 Å². The normalized spacial score (nSPS) is 11.8. The van der Waals surface area contributed by atoms with Gasteiger partial charge in [0, 0.05) is 0 Å². The van der Waals surface area contributed by atoms with Crippen LogP contribution in [0.4, 0.5) is 0 Å². The first kappa shape index (κ1) is 13.2. The summed E-state index contributed by atoms with van der Waals surface area (Å²) in [5, 5.41) is 15.9. The second-order valence-electron chi connectivity index (χ2n) is 3.66. The van der Waals surface area contributed by atoms with Crippen LogP contribution in [-0.2, 0) is 16.0 Å². The fraction of sp³-hybridized carbons (Fsp3) is 0.333. The number of carboxylic acids is 1. The third-order valence-electron chi connectivity index (χ3n) is 2.24. The zero-order chi connectivity index (χ0) is 12.7. The summed E-state index contributed by atoms with van der Waals surface area (Å²) in [6.07, 6.45) is 0.221. The lowest BCUT2D eigenvalue weighted by molar-refractivity contribution is -0.308. The highest BCUT2D eigenvalue weighted by Gasteiger charge is 2.13. The van der Waals surface area contributed by atoms with Crippen molar-refractivity contribution in [3.05, 3.63) is 35.9 Å². The van der Waals surface area contributed by atoms with Gasteiger partial charge in [-0.15, -0.1) is 0 Å². The summed E-state index contributed by atoms with van der Waals surface area (Å²) >= 11 is 0. The zero-order valence-corrected chi connectivity index (χ0v) is 9.60. The van der Waals surface area contributed by atoms with Crippen molar-refractivity contribution in [2.45, 2.75) is 12.5 Å². The van der Waals surface area contributed by atoms with Crippen molar-refractivity contribution in [1.29, 1.82) is 0 Å². The van der Waals surface area contributed by atoms with Crippen LogP contribution in [0, 0.1) is 0 Å². The molecule has 0 aromatic heterocycles. The number of amides is 1. The predicted molar refractivity (Wildman–Crippen MR) is 61.0 cm³/mol. The minimum Gasteiger partial charge on any atom is -0.548 e. The molecule has 5 nitrogen and oxygen atoms in total. The van der Waals surface area contributed by atoms with Crippen LogP contribution in [0.5, 0.6) is 0 Å². The Morgan fingerprint density at radius 2 is 1.94 bits per heavy atom. The molecular formula is C12H15N2O3-. The molecule has 1 aromatic rings. The summed E-state index contributed by atoms with van der Waals surface area (Å²) in [4.78, 5) is 22.2. The molecule has 0 spiro atoms. The van der Waals surface area contributed by atoms with Crippen molar-refractivity contribution in [2.24, 2.45) is 0 Å². The highest BCUT2D eigenvalue weighted by Crippen LogP contribution is 2.02. The van der Waals surface area contributed by atoms with Gasteiger partial charge in [0.15, 0.2) is 0 Å². The molecule has 92 valence electrons. The summed E-state index contributed by atoms with van der Waals surface area (Å²) in [6, 6.07) is 8.09. The largest absolute Gasteiger partial charge is 0.548 e. The molecule has 5 heteroatoms. The van der Waals surface area contributed by atoms with E-state index in [0.29, 0.717) is 0 Å².